The number of aliphatic hydroxyl groups excluding tert-OH is 1. The van der Waals surface area contributed by atoms with Crippen molar-refractivity contribution < 1.29 is 5.11 Å². The van der Waals surface area contributed by atoms with Crippen LogP contribution in [0.25, 0.3) is 0 Å². The van der Waals surface area contributed by atoms with Crippen LogP contribution in [0.1, 0.15) is 43.2 Å². The fourth-order valence-electron chi connectivity index (χ4n) is 3.38. The second-order valence-electron chi connectivity index (χ2n) is 5.77. The first-order chi connectivity index (χ1) is 8.78. The molecule has 0 amide bonds. The first-order valence-corrected chi connectivity index (χ1v) is 7.15. The van der Waals surface area contributed by atoms with Crippen LogP contribution in [0.5, 0.6) is 0 Å². The van der Waals surface area contributed by atoms with Gasteiger partial charge in [0.25, 0.3) is 0 Å². The number of hydrogen-bond acceptors (Lipinski definition) is 3. The third-order valence-corrected chi connectivity index (χ3v) is 4.52. The second-order valence-corrected chi connectivity index (χ2v) is 5.77. The van der Waals surface area contributed by atoms with E-state index in [0.29, 0.717) is 6.04 Å². The van der Waals surface area contributed by atoms with Crippen LogP contribution in [-0.2, 0) is 12.8 Å². The maximum atomic E-state index is 9.42. The van der Waals surface area contributed by atoms with Crippen molar-refractivity contribution in [3.63, 3.8) is 0 Å². The second kappa shape index (κ2) is 5.02. The Hall–Kier alpha value is -0.870. The Morgan fingerprint density at radius 3 is 2.89 bits per heavy atom. The van der Waals surface area contributed by atoms with Gasteiger partial charge in [0.2, 0.25) is 0 Å². The minimum absolute atomic E-state index is 0.242. The average molecular weight is 249 g/mol. The van der Waals surface area contributed by atoms with Crippen LogP contribution in [0.3, 0.4) is 0 Å². The Kier molecular flexibility index (Phi) is 3.39. The molecule has 4 nitrogen and oxygen atoms in total. The SMILES string of the molecule is CN1CCCC1Cc1cn2c(n1)CCCC2CO. The van der Waals surface area contributed by atoms with Crippen molar-refractivity contribution in [3.05, 3.63) is 17.7 Å². The van der Waals surface area contributed by atoms with Gasteiger partial charge in [-0.1, -0.05) is 0 Å². The van der Waals surface area contributed by atoms with Gasteiger partial charge in [-0.05, 0) is 39.3 Å². The summed E-state index contributed by atoms with van der Waals surface area (Å²) in [5, 5.41) is 9.42. The van der Waals surface area contributed by atoms with Crippen LogP contribution >= 0.6 is 0 Å². The van der Waals surface area contributed by atoms with E-state index in [1.807, 2.05) is 0 Å². The summed E-state index contributed by atoms with van der Waals surface area (Å²) in [6.07, 6.45) is 9.16. The molecule has 2 aliphatic rings. The molecule has 2 atom stereocenters. The fourth-order valence-corrected chi connectivity index (χ4v) is 3.38. The summed E-state index contributed by atoms with van der Waals surface area (Å²) in [5.41, 5.74) is 1.21. The summed E-state index contributed by atoms with van der Waals surface area (Å²) in [6.45, 7) is 1.46. The first kappa shape index (κ1) is 12.2. The van der Waals surface area contributed by atoms with Crippen molar-refractivity contribution in [1.82, 2.24) is 14.5 Å². The van der Waals surface area contributed by atoms with Crippen molar-refractivity contribution in [1.29, 1.82) is 0 Å². The zero-order valence-corrected chi connectivity index (χ0v) is 11.2. The zero-order valence-electron chi connectivity index (χ0n) is 11.2. The summed E-state index contributed by atoms with van der Waals surface area (Å²) in [7, 11) is 2.21. The number of imidazole rings is 1. The van der Waals surface area contributed by atoms with Crippen LogP contribution in [0.15, 0.2) is 6.20 Å². The lowest BCUT2D eigenvalue weighted by Crippen LogP contribution is -2.26. The molecular weight excluding hydrogens is 226 g/mol. The molecule has 4 heteroatoms. The Morgan fingerprint density at radius 2 is 2.17 bits per heavy atom. The van der Waals surface area contributed by atoms with Gasteiger partial charge in [0.15, 0.2) is 0 Å². The largest absolute Gasteiger partial charge is 0.394 e. The van der Waals surface area contributed by atoms with Crippen LogP contribution in [0.4, 0.5) is 0 Å². The smallest absolute Gasteiger partial charge is 0.109 e. The predicted octanol–water partition coefficient (Wildman–Crippen LogP) is 1.39. The van der Waals surface area contributed by atoms with Crippen LogP contribution in [0.2, 0.25) is 0 Å². The summed E-state index contributed by atoms with van der Waals surface area (Å²) in [6, 6.07) is 0.922. The summed E-state index contributed by atoms with van der Waals surface area (Å²) in [4.78, 5) is 7.22. The quantitative estimate of drug-likeness (QED) is 0.880. The molecule has 1 fully saturated rings. The lowest BCUT2D eigenvalue weighted by molar-refractivity contribution is 0.206. The Bertz CT molecular complexity index is 415. The molecule has 0 aromatic carbocycles. The standard InChI is InChI=1S/C14H23N3O/c1-16-7-3-5-12(16)8-11-9-17-13(10-18)4-2-6-14(17)15-11/h9,12-13,18H,2-8,10H2,1H3. The van der Waals surface area contributed by atoms with Gasteiger partial charge in [0.1, 0.15) is 5.82 Å². The van der Waals surface area contributed by atoms with Gasteiger partial charge in [-0.25, -0.2) is 4.98 Å². The highest BCUT2D eigenvalue weighted by atomic mass is 16.3. The highest BCUT2D eigenvalue weighted by molar-refractivity contribution is 5.10. The molecule has 1 saturated heterocycles. The zero-order chi connectivity index (χ0) is 12.5. The maximum Gasteiger partial charge on any atom is 0.109 e. The number of aliphatic hydroxyl groups is 1. The van der Waals surface area contributed by atoms with Gasteiger partial charge in [-0.3, -0.25) is 0 Å². The van der Waals surface area contributed by atoms with Gasteiger partial charge >= 0.3 is 0 Å². The molecular formula is C14H23N3O. The van der Waals surface area contributed by atoms with Crippen molar-refractivity contribution in [2.24, 2.45) is 0 Å². The number of likely N-dealkylation sites (N-methyl/N-ethyl adjacent to an activating group) is 1. The minimum atomic E-state index is 0.242. The van der Waals surface area contributed by atoms with Gasteiger partial charge in [0, 0.05) is 25.1 Å². The molecule has 100 valence electrons. The van der Waals surface area contributed by atoms with Crippen molar-refractivity contribution >= 4 is 0 Å². The molecule has 2 aliphatic heterocycles. The third kappa shape index (κ3) is 2.19. The molecule has 0 bridgehead atoms. The van der Waals surface area contributed by atoms with E-state index < -0.39 is 0 Å². The number of likely N-dealkylation sites (tertiary alicyclic amines) is 1. The monoisotopic (exact) mass is 249 g/mol. The minimum Gasteiger partial charge on any atom is -0.394 e. The molecule has 0 saturated carbocycles. The molecule has 1 N–H and O–H groups in total. The van der Waals surface area contributed by atoms with E-state index in [-0.39, 0.29) is 12.6 Å². The van der Waals surface area contributed by atoms with E-state index >= 15 is 0 Å². The van der Waals surface area contributed by atoms with Gasteiger partial charge < -0.3 is 14.6 Å². The maximum absolute atomic E-state index is 9.42. The lowest BCUT2D eigenvalue weighted by atomic mass is 10.1. The third-order valence-electron chi connectivity index (χ3n) is 4.52. The van der Waals surface area contributed by atoms with E-state index in [9.17, 15) is 5.11 Å². The molecule has 1 aromatic rings. The summed E-state index contributed by atoms with van der Waals surface area (Å²) >= 11 is 0. The molecule has 3 rings (SSSR count). The highest BCUT2D eigenvalue weighted by Gasteiger charge is 2.25. The molecule has 18 heavy (non-hydrogen) atoms. The van der Waals surface area contributed by atoms with Crippen LogP contribution in [0, 0.1) is 0 Å². The fraction of sp³-hybridized carbons (Fsp3) is 0.786. The average Bonchev–Trinajstić information content (AvgIpc) is 2.95. The normalized spacial score (nSPS) is 28.6. The summed E-state index contributed by atoms with van der Waals surface area (Å²) in [5.74, 6) is 1.18. The molecule has 0 aliphatic carbocycles. The van der Waals surface area contributed by atoms with Crippen LogP contribution < -0.4 is 0 Å². The Labute approximate surface area is 109 Å². The Morgan fingerprint density at radius 1 is 1.33 bits per heavy atom. The van der Waals surface area contributed by atoms with E-state index in [2.05, 4.69) is 22.7 Å². The van der Waals surface area contributed by atoms with E-state index in [1.54, 1.807) is 0 Å². The number of nitrogens with zero attached hydrogens (tertiary/aromatic N) is 3. The number of rotatable bonds is 3. The molecule has 0 spiro atoms. The van der Waals surface area contributed by atoms with Gasteiger partial charge in [0.05, 0.1) is 18.3 Å². The summed E-state index contributed by atoms with van der Waals surface area (Å²) < 4.78 is 2.22. The van der Waals surface area contributed by atoms with Crippen LogP contribution in [-0.4, -0.2) is 45.8 Å². The molecule has 0 radical (unpaired) electrons. The number of aromatic nitrogens is 2. The molecule has 3 heterocycles. The number of fused-ring (bicyclic) bond motifs is 1. The lowest BCUT2D eigenvalue weighted by Gasteiger charge is -2.22. The Balaban J connectivity index is 1.76. The van der Waals surface area contributed by atoms with Crippen molar-refractivity contribution in [2.45, 2.75) is 50.6 Å². The van der Waals surface area contributed by atoms with Gasteiger partial charge in [-0.15, -0.1) is 0 Å². The topological polar surface area (TPSA) is 41.3 Å². The number of hydrogen-bond donors (Lipinski definition) is 1. The van der Waals surface area contributed by atoms with E-state index in [4.69, 9.17) is 4.98 Å². The highest BCUT2D eigenvalue weighted by Crippen LogP contribution is 2.26. The first-order valence-electron chi connectivity index (χ1n) is 7.15. The molecule has 2 unspecified atom stereocenters. The van der Waals surface area contributed by atoms with Crippen molar-refractivity contribution in [2.75, 3.05) is 20.2 Å². The van der Waals surface area contributed by atoms with E-state index in [0.717, 1.165) is 25.7 Å². The predicted molar refractivity (Wildman–Crippen MR) is 70.6 cm³/mol. The van der Waals surface area contributed by atoms with Gasteiger partial charge in [-0.2, -0.15) is 0 Å². The van der Waals surface area contributed by atoms with Crippen molar-refractivity contribution in [3.8, 4) is 0 Å². The number of aryl methyl sites for hydroxylation is 1. The van der Waals surface area contributed by atoms with E-state index in [1.165, 1.54) is 30.9 Å². The molecule has 1 aromatic heterocycles.